The fourth-order valence-corrected chi connectivity index (χ4v) is 3.10. The monoisotopic (exact) mass is 274 g/mol. The Balaban J connectivity index is 1.68. The van der Waals surface area contributed by atoms with Gasteiger partial charge in [0.1, 0.15) is 5.75 Å². The number of hydrogen-bond acceptors (Lipinski definition) is 3. The van der Waals surface area contributed by atoms with Crippen LogP contribution in [0.4, 0.5) is 0 Å². The maximum atomic E-state index is 12.4. The number of rotatable bonds is 3. The number of methoxy groups -OCH3 is 1. The first-order valence-corrected chi connectivity index (χ1v) is 6.89. The molecular formula is C15H18N2O3. The lowest BCUT2D eigenvalue weighted by Crippen LogP contribution is -2.39. The maximum Gasteiger partial charge on any atom is 0.227 e. The summed E-state index contributed by atoms with van der Waals surface area (Å²) in [6.45, 7) is 0.735. The first kappa shape index (κ1) is 13.0. The van der Waals surface area contributed by atoms with Gasteiger partial charge in [-0.25, -0.2) is 0 Å². The van der Waals surface area contributed by atoms with E-state index in [1.165, 1.54) is 0 Å². The molecule has 0 bridgehead atoms. The van der Waals surface area contributed by atoms with Gasteiger partial charge in [-0.3, -0.25) is 9.59 Å². The molecule has 2 atom stereocenters. The van der Waals surface area contributed by atoms with Crippen molar-refractivity contribution in [3.8, 4) is 5.75 Å². The highest BCUT2D eigenvalue weighted by atomic mass is 16.5. The number of carbonyl (C=O) groups is 2. The standard InChI is InChI=1S/C15H18N2O3/c1-20-11-4-2-3-10(7-11)8-15(19)17-6-5-12-13(17)9-14(18)16-12/h2-4,7,12-13H,5-6,8-9H2,1H3,(H,16,18)/t12-,13+/m0/s1. The van der Waals surface area contributed by atoms with Gasteiger partial charge in [-0.1, -0.05) is 12.1 Å². The van der Waals surface area contributed by atoms with Crippen molar-refractivity contribution in [2.75, 3.05) is 13.7 Å². The highest BCUT2D eigenvalue weighted by Crippen LogP contribution is 2.26. The topological polar surface area (TPSA) is 58.6 Å². The molecule has 0 radical (unpaired) electrons. The van der Waals surface area contributed by atoms with Gasteiger partial charge in [-0.15, -0.1) is 0 Å². The second-order valence-electron chi connectivity index (χ2n) is 5.35. The van der Waals surface area contributed by atoms with Crippen LogP contribution in [0.25, 0.3) is 0 Å². The van der Waals surface area contributed by atoms with Crippen LogP contribution in [0.5, 0.6) is 5.75 Å². The van der Waals surface area contributed by atoms with Gasteiger partial charge >= 0.3 is 0 Å². The van der Waals surface area contributed by atoms with Crippen LogP contribution >= 0.6 is 0 Å². The highest BCUT2D eigenvalue weighted by molar-refractivity contribution is 5.84. The average molecular weight is 274 g/mol. The van der Waals surface area contributed by atoms with Gasteiger partial charge in [-0.2, -0.15) is 0 Å². The fraction of sp³-hybridized carbons (Fsp3) is 0.467. The number of likely N-dealkylation sites (tertiary alicyclic amines) is 1. The molecular weight excluding hydrogens is 256 g/mol. The van der Waals surface area contributed by atoms with Gasteiger partial charge in [-0.05, 0) is 24.1 Å². The molecule has 1 N–H and O–H groups in total. The number of benzene rings is 1. The Kier molecular flexibility index (Phi) is 3.34. The predicted molar refractivity (Wildman–Crippen MR) is 73.4 cm³/mol. The lowest BCUT2D eigenvalue weighted by molar-refractivity contribution is -0.131. The third-order valence-electron chi connectivity index (χ3n) is 4.10. The van der Waals surface area contributed by atoms with E-state index in [1.54, 1.807) is 7.11 Å². The van der Waals surface area contributed by atoms with E-state index < -0.39 is 0 Å². The van der Waals surface area contributed by atoms with Gasteiger partial charge in [0.15, 0.2) is 0 Å². The molecule has 0 aliphatic carbocycles. The van der Waals surface area contributed by atoms with E-state index in [0.717, 1.165) is 24.3 Å². The number of nitrogens with one attached hydrogen (secondary N) is 1. The summed E-state index contributed by atoms with van der Waals surface area (Å²) in [6, 6.07) is 7.74. The summed E-state index contributed by atoms with van der Waals surface area (Å²) in [5.74, 6) is 0.897. The van der Waals surface area contributed by atoms with Crippen molar-refractivity contribution < 1.29 is 14.3 Å². The van der Waals surface area contributed by atoms with Gasteiger partial charge < -0.3 is 15.0 Å². The van der Waals surface area contributed by atoms with Crippen molar-refractivity contribution in [2.45, 2.75) is 31.3 Å². The Hall–Kier alpha value is -2.04. The zero-order valence-corrected chi connectivity index (χ0v) is 11.5. The van der Waals surface area contributed by atoms with Crippen molar-refractivity contribution in [1.29, 1.82) is 0 Å². The van der Waals surface area contributed by atoms with Crippen LogP contribution in [-0.4, -0.2) is 42.5 Å². The second-order valence-corrected chi connectivity index (χ2v) is 5.35. The number of hydrogen-bond donors (Lipinski definition) is 1. The average Bonchev–Trinajstić information content (AvgIpc) is 2.97. The molecule has 1 aromatic carbocycles. The first-order chi connectivity index (χ1) is 9.67. The van der Waals surface area contributed by atoms with E-state index in [4.69, 9.17) is 4.74 Å². The summed E-state index contributed by atoms with van der Waals surface area (Å²) in [4.78, 5) is 25.7. The number of amides is 2. The Morgan fingerprint density at radius 1 is 1.50 bits per heavy atom. The highest BCUT2D eigenvalue weighted by Gasteiger charge is 2.43. The van der Waals surface area contributed by atoms with Gasteiger partial charge in [0.05, 0.1) is 25.6 Å². The smallest absolute Gasteiger partial charge is 0.227 e. The van der Waals surface area contributed by atoms with E-state index >= 15 is 0 Å². The minimum atomic E-state index is 0.0422. The lowest BCUT2D eigenvalue weighted by atomic mass is 10.1. The van der Waals surface area contributed by atoms with E-state index in [1.807, 2.05) is 29.2 Å². The van der Waals surface area contributed by atoms with Crippen molar-refractivity contribution in [3.05, 3.63) is 29.8 Å². The summed E-state index contributed by atoms with van der Waals surface area (Å²) >= 11 is 0. The maximum absolute atomic E-state index is 12.4. The zero-order valence-electron chi connectivity index (χ0n) is 11.5. The summed E-state index contributed by atoms with van der Waals surface area (Å²) < 4.78 is 5.17. The largest absolute Gasteiger partial charge is 0.497 e. The van der Waals surface area contributed by atoms with Crippen LogP contribution in [0, 0.1) is 0 Å². The molecule has 2 heterocycles. The van der Waals surface area contributed by atoms with Gasteiger partial charge in [0.2, 0.25) is 11.8 Å². The van der Waals surface area contributed by atoms with Crippen LogP contribution in [0.2, 0.25) is 0 Å². The molecule has 1 aromatic rings. The Labute approximate surface area is 117 Å². The van der Waals surface area contributed by atoms with Crippen molar-refractivity contribution in [3.63, 3.8) is 0 Å². The Morgan fingerprint density at radius 3 is 3.15 bits per heavy atom. The number of ether oxygens (including phenoxy) is 1. The van der Waals surface area contributed by atoms with Crippen molar-refractivity contribution in [2.24, 2.45) is 0 Å². The second kappa shape index (κ2) is 5.15. The third-order valence-corrected chi connectivity index (χ3v) is 4.10. The summed E-state index contributed by atoms with van der Waals surface area (Å²) in [6.07, 6.45) is 1.66. The van der Waals surface area contributed by atoms with E-state index in [-0.39, 0.29) is 23.9 Å². The zero-order chi connectivity index (χ0) is 14.1. The molecule has 2 fully saturated rings. The molecule has 3 rings (SSSR count). The summed E-state index contributed by atoms with van der Waals surface area (Å²) in [7, 11) is 1.61. The lowest BCUT2D eigenvalue weighted by Gasteiger charge is -2.22. The molecule has 0 aromatic heterocycles. The normalized spacial score (nSPS) is 24.4. The minimum absolute atomic E-state index is 0.0422. The predicted octanol–water partition coefficient (Wildman–Crippen LogP) is 0.727. The molecule has 0 unspecified atom stereocenters. The van der Waals surface area contributed by atoms with Crippen molar-refractivity contribution >= 4 is 11.8 Å². The molecule has 0 saturated carbocycles. The molecule has 2 aliphatic rings. The number of nitrogens with zero attached hydrogens (tertiary/aromatic N) is 1. The molecule has 5 nitrogen and oxygen atoms in total. The van der Waals surface area contributed by atoms with Gasteiger partial charge in [0, 0.05) is 13.0 Å². The van der Waals surface area contributed by atoms with Crippen LogP contribution < -0.4 is 10.1 Å². The van der Waals surface area contributed by atoms with Crippen LogP contribution in [0.15, 0.2) is 24.3 Å². The quantitative estimate of drug-likeness (QED) is 0.884. The SMILES string of the molecule is COc1cccc(CC(=O)N2CC[C@@H]3NC(=O)C[C@H]32)c1. The van der Waals surface area contributed by atoms with Crippen LogP contribution in [0.3, 0.4) is 0 Å². The van der Waals surface area contributed by atoms with E-state index in [0.29, 0.717) is 12.8 Å². The molecule has 5 heteroatoms. The molecule has 2 saturated heterocycles. The number of carbonyl (C=O) groups excluding carboxylic acids is 2. The molecule has 2 amide bonds. The van der Waals surface area contributed by atoms with Gasteiger partial charge in [0.25, 0.3) is 0 Å². The number of fused-ring (bicyclic) bond motifs is 1. The molecule has 20 heavy (non-hydrogen) atoms. The minimum Gasteiger partial charge on any atom is -0.497 e. The molecule has 0 spiro atoms. The third kappa shape index (κ3) is 2.35. The molecule has 2 aliphatic heterocycles. The summed E-state index contributed by atoms with van der Waals surface area (Å²) in [5.41, 5.74) is 0.940. The Bertz CT molecular complexity index is 544. The van der Waals surface area contributed by atoms with Crippen molar-refractivity contribution in [1.82, 2.24) is 10.2 Å². The Morgan fingerprint density at radius 2 is 2.35 bits per heavy atom. The summed E-state index contributed by atoms with van der Waals surface area (Å²) in [5, 5.41) is 2.93. The van der Waals surface area contributed by atoms with Crippen LogP contribution in [0.1, 0.15) is 18.4 Å². The van der Waals surface area contributed by atoms with E-state index in [9.17, 15) is 9.59 Å². The van der Waals surface area contributed by atoms with Crippen LogP contribution in [-0.2, 0) is 16.0 Å². The first-order valence-electron chi connectivity index (χ1n) is 6.89. The fourth-order valence-electron chi connectivity index (χ4n) is 3.10. The molecule has 106 valence electrons. The van der Waals surface area contributed by atoms with E-state index in [2.05, 4.69) is 5.32 Å².